The highest BCUT2D eigenvalue weighted by Crippen LogP contribution is 2.24. The molecule has 1 atom stereocenters. The smallest absolute Gasteiger partial charge is 0.410 e. The van der Waals surface area contributed by atoms with Gasteiger partial charge in [0.25, 0.3) is 0 Å². The molecule has 2 heterocycles. The van der Waals surface area contributed by atoms with E-state index in [1.54, 1.807) is 4.90 Å². The summed E-state index contributed by atoms with van der Waals surface area (Å²) in [5.74, 6) is 0.402. The molecule has 0 N–H and O–H groups in total. The molecule has 0 radical (unpaired) electrons. The summed E-state index contributed by atoms with van der Waals surface area (Å²) in [7, 11) is 0. The van der Waals surface area contributed by atoms with Crippen LogP contribution in [0.4, 0.5) is 4.79 Å². The van der Waals surface area contributed by atoms with Gasteiger partial charge in [-0.1, -0.05) is 6.92 Å². The molecule has 7 nitrogen and oxygen atoms in total. The average Bonchev–Trinajstić information content (AvgIpc) is 2.94. The van der Waals surface area contributed by atoms with Gasteiger partial charge in [-0.25, -0.2) is 14.8 Å². The van der Waals surface area contributed by atoms with Gasteiger partial charge in [-0.15, -0.1) is 0 Å². The molecule has 0 aromatic carbocycles. The van der Waals surface area contributed by atoms with Crippen LogP contribution < -0.4 is 4.74 Å². The molecule has 8 heteroatoms. The number of ether oxygens (including phenoxy) is 2. The van der Waals surface area contributed by atoms with E-state index < -0.39 is 5.60 Å². The molecule has 1 amide bonds. The topological polar surface area (TPSA) is 88.3 Å². The van der Waals surface area contributed by atoms with Crippen molar-refractivity contribution in [1.82, 2.24) is 14.9 Å². The molecule has 1 aliphatic rings. The Morgan fingerprint density at radius 3 is 2.75 bits per heavy atom. The van der Waals surface area contributed by atoms with Gasteiger partial charge in [-0.2, -0.15) is 5.26 Å². The Bertz CT molecular complexity index is 667. The van der Waals surface area contributed by atoms with Crippen LogP contribution in [0.3, 0.4) is 0 Å². The number of nitrogens with zero attached hydrogens (tertiary/aromatic N) is 4. The minimum absolute atomic E-state index is 0.169. The van der Waals surface area contributed by atoms with E-state index in [0.717, 1.165) is 0 Å². The predicted octanol–water partition coefficient (Wildman–Crippen LogP) is 3.06. The summed E-state index contributed by atoms with van der Waals surface area (Å²) < 4.78 is 11.7. The van der Waals surface area contributed by atoms with Crippen molar-refractivity contribution < 1.29 is 14.3 Å². The number of aryl methyl sites for hydroxylation is 1. The lowest BCUT2D eigenvalue weighted by Crippen LogP contribution is -2.36. The number of likely N-dealkylation sites (tertiary alicyclic amines) is 1. The highest BCUT2D eigenvalue weighted by Gasteiger charge is 2.31. The Labute approximate surface area is 150 Å². The minimum atomic E-state index is -0.519. The van der Waals surface area contributed by atoms with E-state index in [1.807, 2.05) is 33.8 Å². The van der Waals surface area contributed by atoms with E-state index in [2.05, 4.69) is 25.9 Å². The molecule has 24 heavy (non-hydrogen) atoms. The van der Waals surface area contributed by atoms with Crippen LogP contribution in [0.25, 0.3) is 0 Å². The molecule has 1 fully saturated rings. The molecule has 1 aromatic heterocycles. The van der Waals surface area contributed by atoms with Gasteiger partial charge >= 0.3 is 6.09 Å². The van der Waals surface area contributed by atoms with Crippen LogP contribution in [-0.4, -0.2) is 45.8 Å². The molecule has 0 saturated carbocycles. The van der Waals surface area contributed by atoms with Crippen molar-refractivity contribution in [2.24, 2.45) is 0 Å². The molecule has 1 saturated heterocycles. The maximum Gasteiger partial charge on any atom is 0.410 e. The van der Waals surface area contributed by atoms with Crippen LogP contribution in [0.2, 0.25) is 0 Å². The molecule has 0 bridgehead atoms. The zero-order chi connectivity index (χ0) is 17.9. The Kier molecular flexibility index (Phi) is 5.65. The SMILES string of the molecule is CCc1nc(C#N)c(Br)nc1OC1CCN(C(=O)OC(C)(C)C)C1. The van der Waals surface area contributed by atoms with Gasteiger partial charge in [0.2, 0.25) is 5.88 Å². The second-order valence-corrected chi connectivity index (χ2v) is 7.29. The third-order valence-electron chi connectivity index (χ3n) is 3.40. The van der Waals surface area contributed by atoms with Crippen molar-refractivity contribution >= 4 is 22.0 Å². The van der Waals surface area contributed by atoms with Crippen molar-refractivity contribution in [3.05, 3.63) is 16.0 Å². The van der Waals surface area contributed by atoms with Crippen LogP contribution in [0.5, 0.6) is 5.88 Å². The Hall–Kier alpha value is -1.88. The molecule has 130 valence electrons. The maximum atomic E-state index is 12.1. The first kappa shape index (κ1) is 18.5. The zero-order valence-corrected chi connectivity index (χ0v) is 15.9. The number of carbonyl (C=O) groups excluding carboxylic acids is 1. The number of hydrogen-bond acceptors (Lipinski definition) is 6. The second kappa shape index (κ2) is 7.34. The van der Waals surface area contributed by atoms with E-state index >= 15 is 0 Å². The van der Waals surface area contributed by atoms with Crippen LogP contribution in [0.1, 0.15) is 45.5 Å². The Morgan fingerprint density at radius 1 is 1.46 bits per heavy atom. The average molecular weight is 397 g/mol. The molecule has 1 aromatic rings. The summed E-state index contributed by atoms with van der Waals surface area (Å²) in [5, 5.41) is 9.02. The van der Waals surface area contributed by atoms with Crippen LogP contribution in [-0.2, 0) is 11.2 Å². The van der Waals surface area contributed by atoms with Gasteiger partial charge in [0.05, 0.1) is 6.54 Å². The first-order chi connectivity index (χ1) is 11.2. The second-order valence-electron chi connectivity index (χ2n) is 6.54. The Balaban J connectivity index is 2.05. The maximum absolute atomic E-state index is 12.1. The van der Waals surface area contributed by atoms with E-state index in [0.29, 0.717) is 42.1 Å². The van der Waals surface area contributed by atoms with Gasteiger partial charge in [0.15, 0.2) is 5.69 Å². The number of rotatable bonds is 3. The highest BCUT2D eigenvalue weighted by molar-refractivity contribution is 9.10. The first-order valence-electron chi connectivity index (χ1n) is 7.84. The summed E-state index contributed by atoms with van der Waals surface area (Å²) in [5.41, 5.74) is 0.348. The Morgan fingerprint density at radius 2 is 2.17 bits per heavy atom. The molecule has 2 rings (SSSR count). The summed E-state index contributed by atoms with van der Waals surface area (Å²) in [6, 6.07) is 1.99. The molecular formula is C16H21BrN4O3. The lowest BCUT2D eigenvalue weighted by Gasteiger charge is -2.24. The van der Waals surface area contributed by atoms with Crippen molar-refractivity contribution in [3.8, 4) is 11.9 Å². The number of hydrogen-bond donors (Lipinski definition) is 0. The standard InChI is InChI=1S/C16H21BrN4O3/c1-5-11-14(20-13(17)12(8-18)19-11)23-10-6-7-21(9-10)15(22)24-16(2,3)4/h10H,5-7,9H2,1-4H3. The van der Waals surface area contributed by atoms with E-state index in [4.69, 9.17) is 14.7 Å². The molecular weight excluding hydrogens is 376 g/mol. The van der Waals surface area contributed by atoms with Crippen LogP contribution >= 0.6 is 15.9 Å². The zero-order valence-electron chi connectivity index (χ0n) is 14.3. The van der Waals surface area contributed by atoms with E-state index in [9.17, 15) is 4.79 Å². The molecule has 1 aliphatic heterocycles. The quantitative estimate of drug-likeness (QED) is 0.779. The number of amides is 1. The highest BCUT2D eigenvalue weighted by atomic mass is 79.9. The summed E-state index contributed by atoms with van der Waals surface area (Å²) in [6.07, 6.45) is 0.794. The summed E-state index contributed by atoms with van der Waals surface area (Å²) >= 11 is 3.23. The van der Waals surface area contributed by atoms with E-state index in [-0.39, 0.29) is 17.9 Å². The van der Waals surface area contributed by atoms with Crippen molar-refractivity contribution in [2.45, 2.75) is 52.2 Å². The predicted molar refractivity (Wildman–Crippen MR) is 90.7 cm³/mol. The largest absolute Gasteiger partial charge is 0.471 e. The fourth-order valence-electron chi connectivity index (χ4n) is 2.31. The number of halogens is 1. The minimum Gasteiger partial charge on any atom is -0.471 e. The third-order valence-corrected chi connectivity index (χ3v) is 3.96. The van der Waals surface area contributed by atoms with Gasteiger partial charge in [0, 0.05) is 13.0 Å². The number of carbonyl (C=O) groups is 1. The summed E-state index contributed by atoms with van der Waals surface area (Å²) in [6.45, 7) is 8.46. The lowest BCUT2D eigenvalue weighted by atomic mass is 10.2. The normalized spacial score (nSPS) is 17.5. The van der Waals surface area contributed by atoms with Gasteiger partial charge in [-0.3, -0.25) is 0 Å². The first-order valence-corrected chi connectivity index (χ1v) is 8.64. The van der Waals surface area contributed by atoms with E-state index in [1.165, 1.54) is 0 Å². The van der Waals surface area contributed by atoms with Gasteiger partial charge in [-0.05, 0) is 43.1 Å². The van der Waals surface area contributed by atoms with Crippen LogP contribution in [0, 0.1) is 11.3 Å². The van der Waals surface area contributed by atoms with Crippen LogP contribution in [0.15, 0.2) is 4.60 Å². The molecule has 0 aliphatic carbocycles. The molecule has 1 unspecified atom stereocenters. The lowest BCUT2D eigenvalue weighted by molar-refractivity contribution is 0.0274. The number of nitriles is 1. The van der Waals surface area contributed by atoms with Crippen molar-refractivity contribution in [1.29, 1.82) is 5.26 Å². The van der Waals surface area contributed by atoms with Gasteiger partial charge in [0.1, 0.15) is 28.1 Å². The molecule has 0 spiro atoms. The third kappa shape index (κ3) is 4.57. The van der Waals surface area contributed by atoms with Crippen molar-refractivity contribution in [3.63, 3.8) is 0 Å². The summed E-state index contributed by atoms with van der Waals surface area (Å²) in [4.78, 5) is 22.3. The van der Waals surface area contributed by atoms with Crippen molar-refractivity contribution in [2.75, 3.05) is 13.1 Å². The number of aromatic nitrogens is 2. The monoisotopic (exact) mass is 396 g/mol. The fraction of sp³-hybridized carbons (Fsp3) is 0.625. The fourth-order valence-corrected chi connectivity index (χ4v) is 2.64. The van der Waals surface area contributed by atoms with Gasteiger partial charge < -0.3 is 14.4 Å².